The number of alkyl halides is 3. The summed E-state index contributed by atoms with van der Waals surface area (Å²) in [6.45, 7) is 0. The van der Waals surface area contributed by atoms with Crippen LogP contribution in [0.5, 0.6) is 0 Å². The molecule has 0 saturated heterocycles. The van der Waals surface area contributed by atoms with E-state index in [0.29, 0.717) is 17.7 Å². The summed E-state index contributed by atoms with van der Waals surface area (Å²) in [6, 6.07) is 12.3. The molecule has 30 heavy (non-hydrogen) atoms. The van der Waals surface area contributed by atoms with Crippen molar-refractivity contribution in [2.75, 3.05) is 5.32 Å². The number of benzene rings is 2. The standard InChI is InChI=1S/C22H12ClF3N2O2/c23-19-7-6-14(12-18(19)21(30)28-20-3-1-2-8-27-20)4-5-15-9-16(13-29)11-17(10-15)22(24,25)26/h1-3,6-13H,(H,27,28,30). The minimum atomic E-state index is -4.60. The van der Waals surface area contributed by atoms with Gasteiger partial charge in [0.05, 0.1) is 16.1 Å². The average Bonchev–Trinajstić information content (AvgIpc) is 2.73. The Hall–Kier alpha value is -3.63. The molecule has 2 aromatic carbocycles. The zero-order chi connectivity index (χ0) is 21.7. The number of aromatic nitrogens is 1. The van der Waals surface area contributed by atoms with Gasteiger partial charge in [0.15, 0.2) is 0 Å². The second kappa shape index (κ2) is 8.80. The van der Waals surface area contributed by atoms with E-state index in [9.17, 15) is 22.8 Å². The Morgan fingerprint density at radius 2 is 1.80 bits per heavy atom. The molecule has 1 amide bonds. The summed E-state index contributed by atoms with van der Waals surface area (Å²) in [4.78, 5) is 27.4. The predicted molar refractivity (Wildman–Crippen MR) is 106 cm³/mol. The summed E-state index contributed by atoms with van der Waals surface area (Å²) in [5.41, 5.74) is -0.604. The first-order valence-electron chi connectivity index (χ1n) is 8.47. The Bertz CT molecular complexity index is 1170. The normalized spacial score (nSPS) is 10.7. The van der Waals surface area contributed by atoms with Crippen LogP contribution in [0.15, 0.2) is 60.8 Å². The van der Waals surface area contributed by atoms with Gasteiger partial charge in [0.1, 0.15) is 12.1 Å². The van der Waals surface area contributed by atoms with Crippen LogP contribution in [-0.2, 0) is 6.18 Å². The smallest absolute Gasteiger partial charge is 0.307 e. The highest BCUT2D eigenvalue weighted by atomic mass is 35.5. The summed E-state index contributed by atoms with van der Waals surface area (Å²) < 4.78 is 39.0. The number of carbonyl (C=O) groups excluding carboxylic acids is 2. The van der Waals surface area contributed by atoms with Crippen LogP contribution in [-0.4, -0.2) is 17.2 Å². The van der Waals surface area contributed by atoms with Crippen LogP contribution in [0.3, 0.4) is 0 Å². The molecule has 0 aliphatic heterocycles. The van der Waals surface area contributed by atoms with Gasteiger partial charge in [-0.1, -0.05) is 29.5 Å². The van der Waals surface area contributed by atoms with Crippen LogP contribution in [0.2, 0.25) is 5.02 Å². The van der Waals surface area contributed by atoms with E-state index in [2.05, 4.69) is 22.1 Å². The monoisotopic (exact) mass is 428 g/mol. The minimum absolute atomic E-state index is 0.0152. The lowest BCUT2D eigenvalue weighted by molar-refractivity contribution is -0.137. The lowest BCUT2D eigenvalue weighted by Gasteiger charge is -2.07. The number of rotatable bonds is 3. The van der Waals surface area contributed by atoms with Crippen molar-refractivity contribution in [1.82, 2.24) is 4.98 Å². The van der Waals surface area contributed by atoms with Gasteiger partial charge < -0.3 is 5.32 Å². The second-order valence-corrected chi connectivity index (χ2v) is 6.48. The van der Waals surface area contributed by atoms with Gasteiger partial charge in [-0.15, -0.1) is 0 Å². The maximum absolute atomic E-state index is 13.0. The van der Waals surface area contributed by atoms with E-state index in [-0.39, 0.29) is 21.7 Å². The first-order valence-corrected chi connectivity index (χ1v) is 8.85. The second-order valence-electron chi connectivity index (χ2n) is 6.07. The SMILES string of the molecule is O=Cc1cc(C#Cc2ccc(Cl)c(C(=O)Nc3ccccn3)c2)cc(C(F)(F)F)c1. The van der Waals surface area contributed by atoms with Crippen LogP contribution < -0.4 is 5.32 Å². The summed E-state index contributed by atoms with van der Waals surface area (Å²) in [7, 11) is 0. The number of hydrogen-bond acceptors (Lipinski definition) is 3. The number of halogens is 4. The third kappa shape index (κ3) is 5.25. The molecular formula is C22H12ClF3N2O2. The molecule has 0 fully saturated rings. The molecule has 150 valence electrons. The largest absolute Gasteiger partial charge is 0.416 e. The van der Waals surface area contributed by atoms with Gasteiger partial charge in [-0.25, -0.2) is 4.98 Å². The number of carbonyl (C=O) groups is 2. The molecule has 0 bridgehead atoms. The topological polar surface area (TPSA) is 59.1 Å². The van der Waals surface area contributed by atoms with Gasteiger partial charge in [-0.05, 0) is 48.5 Å². The molecule has 0 aliphatic carbocycles. The van der Waals surface area contributed by atoms with Crippen molar-refractivity contribution in [2.45, 2.75) is 6.18 Å². The molecule has 0 radical (unpaired) electrons. The fraction of sp³-hybridized carbons (Fsp3) is 0.0455. The van der Waals surface area contributed by atoms with Crippen molar-refractivity contribution in [3.8, 4) is 11.8 Å². The number of aldehydes is 1. The number of nitrogens with zero attached hydrogens (tertiary/aromatic N) is 1. The maximum Gasteiger partial charge on any atom is 0.416 e. The number of amides is 1. The Morgan fingerprint density at radius 1 is 1.03 bits per heavy atom. The van der Waals surface area contributed by atoms with E-state index < -0.39 is 17.6 Å². The number of pyridine rings is 1. The molecule has 0 aliphatic rings. The third-order valence-electron chi connectivity index (χ3n) is 3.89. The van der Waals surface area contributed by atoms with E-state index in [1.165, 1.54) is 30.5 Å². The van der Waals surface area contributed by atoms with Crippen LogP contribution >= 0.6 is 11.6 Å². The summed E-state index contributed by atoms with van der Waals surface area (Å²) in [5.74, 6) is 5.10. The molecule has 3 rings (SSSR count). The Kier molecular flexibility index (Phi) is 6.19. The van der Waals surface area contributed by atoms with E-state index in [4.69, 9.17) is 11.6 Å². The molecule has 8 heteroatoms. The van der Waals surface area contributed by atoms with Crippen molar-refractivity contribution in [2.24, 2.45) is 0 Å². The number of anilines is 1. The first-order chi connectivity index (χ1) is 14.3. The first kappa shape index (κ1) is 21.1. The lowest BCUT2D eigenvalue weighted by atomic mass is 10.1. The lowest BCUT2D eigenvalue weighted by Crippen LogP contribution is -2.13. The van der Waals surface area contributed by atoms with E-state index in [1.54, 1.807) is 18.2 Å². The average molecular weight is 429 g/mol. The van der Waals surface area contributed by atoms with Crippen LogP contribution in [0, 0.1) is 11.8 Å². The molecule has 1 heterocycles. The van der Waals surface area contributed by atoms with E-state index >= 15 is 0 Å². The highest BCUT2D eigenvalue weighted by Gasteiger charge is 2.31. The van der Waals surface area contributed by atoms with Gasteiger partial charge >= 0.3 is 6.18 Å². The van der Waals surface area contributed by atoms with Crippen molar-refractivity contribution in [1.29, 1.82) is 0 Å². The van der Waals surface area contributed by atoms with Crippen LogP contribution in [0.1, 0.15) is 37.4 Å². The van der Waals surface area contributed by atoms with Gasteiger partial charge in [-0.2, -0.15) is 13.2 Å². The minimum Gasteiger partial charge on any atom is -0.307 e. The highest BCUT2D eigenvalue weighted by molar-refractivity contribution is 6.34. The van der Waals surface area contributed by atoms with Crippen molar-refractivity contribution >= 4 is 29.6 Å². The third-order valence-corrected chi connectivity index (χ3v) is 4.22. The Morgan fingerprint density at radius 3 is 2.47 bits per heavy atom. The van der Waals surface area contributed by atoms with Gasteiger partial charge in [0.25, 0.3) is 5.91 Å². The molecule has 0 unspecified atom stereocenters. The molecule has 3 aromatic rings. The van der Waals surface area contributed by atoms with Gasteiger partial charge in [-0.3, -0.25) is 9.59 Å². The van der Waals surface area contributed by atoms with Crippen molar-refractivity contribution in [3.63, 3.8) is 0 Å². The van der Waals surface area contributed by atoms with E-state index in [0.717, 1.165) is 12.1 Å². The quantitative estimate of drug-likeness (QED) is 0.459. The molecule has 0 atom stereocenters. The Labute approximate surface area is 174 Å². The number of hydrogen-bond donors (Lipinski definition) is 1. The van der Waals surface area contributed by atoms with Crippen molar-refractivity contribution in [3.05, 3.63) is 93.6 Å². The highest BCUT2D eigenvalue weighted by Crippen LogP contribution is 2.30. The van der Waals surface area contributed by atoms with Gasteiger partial charge in [0.2, 0.25) is 0 Å². The fourth-order valence-electron chi connectivity index (χ4n) is 2.50. The van der Waals surface area contributed by atoms with Gasteiger partial charge in [0, 0.05) is 22.9 Å². The van der Waals surface area contributed by atoms with Crippen LogP contribution in [0.25, 0.3) is 0 Å². The molecule has 4 nitrogen and oxygen atoms in total. The van der Waals surface area contributed by atoms with E-state index in [1.807, 2.05) is 0 Å². The number of nitrogens with one attached hydrogen (secondary N) is 1. The summed E-state index contributed by atoms with van der Waals surface area (Å²) in [6.07, 6.45) is -2.77. The predicted octanol–water partition coefficient (Wildman–Crippen LogP) is 5.22. The van der Waals surface area contributed by atoms with Crippen LogP contribution in [0.4, 0.5) is 19.0 Å². The molecule has 0 spiro atoms. The maximum atomic E-state index is 13.0. The Balaban J connectivity index is 1.91. The molecule has 1 N–H and O–H groups in total. The zero-order valence-corrected chi connectivity index (χ0v) is 15.9. The molecular weight excluding hydrogens is 417 g/mol. The fourth-order valence-corrected chi connectivity index (χ4v) is 2.70. The molecule has 0 saturated carbocycles. The summed E-state index contributed by atoms with van der Waals surface area (Å²) >= 11 is 6.09. The summed E-state index contributed by atoms with van der Waals surface area (Å²) in [5, 5.41) is 2.77. The van der Waals surface area contributed by atoms with Crippen molar-refractivity contribution < 1.29 is 22.8 Å². The molecule has 1 aromatic heterocycles. The zero-order valence-electron chi connectivity index (χ0n) is 15.1.